The smallest absolute Gasteiger partial charge is 0.242 e. The summed E-state index contributed by atoms with van der Waals surface area (Å²) in [4.78, 5) is 12.8. The molecule has 0 spiro atoms. The van der Waals surface area contributed by atoms with Gasteiger partial charge in [-0.05, 0) is 30.9 Å². The quantitative estimate of drug-likeness (QED) is 0.661. The molecule has 28 heavy (non-hydrogen) atoms. The van der Waals surface area contributed by atoms with Gasteiger partial charge < -0.3 is 5.32 Å². The fourth-order valence-corrected chi connectivity index (χ4v) is 5.92. The maximum atomic E-state index is 12.6. The van der Waals surface area contributed by atoms with Crippen LogP contribution in [0.2, 0.25) is 0 Å². The molecule has 1 fully saturated rings. The number of carbonyl (C=O) groups excluding carboxylic acids is 1. The van der Waals surface area contributed by atoms with Crippen molar-refractivity contribution in [3.8, 4) is 0 Å². The van der Waals surface area contributed by atoms with Crippen LogP contribution in [-0.4, -0.2) is 64.3 Å². The van der Waals surface area contributed by atoms with Gasteiger partial charge >= 0.3 is 0 Å². The number of amides is 1. The number of nitrogens with one attached hydrogen (secondary N) is 1. The van der Waals surface area contributed by atoms with Crippen LogP contribution in [0.3, 0.4) is 0 Å². The molecule has 1 aromatic carbocycles. The van der Waals surface area contributed by atoms with Crippen LogP contribution in [0.15, 0.2) is 29.2 Å². The van der Waals surface area contributed by atoms with E-state index in [0.29, 0.717) is 31.4 Å². The highest BCUT2D eigenvalue weighted by molar-refractivity contribution is 7.89. The second-order valence-electron chi connectivity index (χ2n) is 7.13. The Morgan fingerprint density at radius 2 is 1.89 bits per heavy atom. The number of rotatable bonds is 8. The molecule has 0 aliphatic carbocycles. The Balaban J connectivity index is 2.07. The molecule has 1 aromatic rings. The minimum atomic E-state index is -3.62. The van der Waals surface area contributed by atoms with E-state index >= 15 is 0 Å². The summed E-state index contributed by atoms with van der Waals surface area (Å²) in [6.45, 7) is 2.49. The van der Waals surface area contributed by atoms with E-state index in [1.54, 1.807) is 18.2 Å². The van der Waals surface area contributed by atoms with Gasteiger partial charge in [-0.1, -0.05) is 25.1 Å². The molecule has 1 atom stereocenters. The highest BCUT2D eigenvalue weighted by Crippen LogP contribution is 2.21. The maximum absolute atomic E-state index is 12.6. The Morgan fingerprint density at radius 3 is 2.54 bits per heavy atom. The zero-order valence-corrected chi connectivity index (χ0v) is 18.2. The van der Waals surface area contributed by atoms with E-state index in [9.17, 15) is 21.6 Å². The third kappa shape index (κ3) is 5.31. The number of sulfonamides is 2. The van der Waals surface area contributed by atoms with Crippen LogP contribution in [-0.2, 0) is 31.4 Å². The first-order valence-corrected chi connectivity index (χ1v) is 12.4. The van der Waals surface area contributed by atoms with Crippen LogP contribution in [0.4, 0.5) is 0 Å². The van der Waals surface area contributed by atoms with Crippen LogP contribution in [0.1, 0.15) is 31.7 Å². The van der Waals surface area contributed by atoms with Crippen molar-refractivity contribution in [2.24, 2.45) is 5.92 Å². The number of hydrogen-bond donors (Lipinski definition) is 1. The van der Waals surface area contributed by atoms with Gasteiger partial charge in [0, 0.05) is 33.7 Å². The van der Waals surface area contributed by atoms with Crippen LogP contribution in [0, 0.1) is 5.92 Å². The molecule has 1 heterocycles. The molecule has 2 rings (SSSR count). The number of piperidine rings is 1. The molecular weight excluding hydrogens is 402 g/mol. The summed E-state index contributed by atoms with van der Waals surface area (Å²) < 4.78 is 52.0. The lowest BCUT2D eigenvalue weighted by Gasteiger charge is -2.31. The molecule has 1 aliphatic heterocycles. The van der Waals surface area contributed by atoms with Crippen molar-refractivity contribution >= 4 is 26.0 Å². The first kappa shape index (κ1) is 22.8. The molecule has 8 nitrogen and oxygen atoms in total. The van der Waals surface area contributed by atoms with Gasteiger partial charge in [-0.15, -0.1) is 0 Å². The average Bonchev–Trinajstić information content (AvgIpc) is 2.66. The van der Waals surface area contributed by atoms with Crippen molar-refractivity contribution in [3.05, 3.63) is 29.8 Å². The van der Waals surface area contributed by atoms with Gasteiger partial charge in [0.05, 0.1) is 16.6 Å². The topological polar surface area (TPSA) is 104 Å². The highest BCUT2D eigenvalue weighted by Gasteiger charge is 2.32. The van der Waals surface area contributed by atoms with Gasteiger partial charge in [-0.25, -0.2) is 25.4 Å². The van der Waals surface area contributed by atoms with E-state index in [2.05, 4.69) is 5.32 Å². The molecular formula is C18H29N3O5S2. The molecule has 0 radical (unpaired) electrons. The van der Waals surface area contributed by atoms with Gasteiger partial charge in [0.25, 0.3) is 0 Å². The summed E-state index contributed by atoms with van der Waals surface area (Å²) in [6, 6.07) is 6.53. The largest absolute Gasteiger partial charge is 0.352 e. The van der Waals surface area contributed by atoms with E-state index in [1.807, 2.05) is 6.92 Å². The molecule has 0 bridgehead atoms. The number of hydrogen-bond acceptors (Lipinski definition) is 5. The van der Waals surface area contributed by atoms with Crippen LogP contribution >= 0.6 is 0 Å². The van der Waals surface area contributed by atoms with Gasteiger partial charge in [-0.2, -0.15) is 0 Å². The fourth-order valence-electron chi connectivity index (χ4n) is 3.22. The number of benzene rings is 1. The minimum absolute atomic E-state index is 0.0697. The Bertz CT molecular complexity index is 898. The predicted molar refractivity (Wildman–Crippen MR) is 108 cm³/mol. The molecule has 0 aromatic heterocycles. The van der Waals surface area contributed by atoms with Crippen molar-refractivity contribution in [2.75, 3.05) is 32.9 Å². The standard InChI is InChI=1S/C18H29N3O5S2/c1-4-12-27(23,24)21-11-7-9-16(14-21)18(22)19-13-15-8-5-6-10-17(15)28(25,26)20(2)3/h5-6,8,10,16H,4,7,9,11-14H2,1-3H3,(H,19,22). The van der Waals surface area contributed by atoms with E-state index in [1.165, 1.54) is 24.5 Å². The maximum Gasteiger partial charge on any atom is 0.242 e. The van der Waals surface area contributed by atoms with Crippen LogP contribution < -0.4 is 5.32 Å². The van der Waals surface area contributed by atoms with Crippen molar-refractivity contribution in [2.45, 2.75) is 37.6 Å². The lowest BCUT2D eigenvalue weighted by molar-refractivity contribution is -0.126. The molecule has 1 aliphatic rings. The lowest BCUT2D eigenvalue weighted by atomic mass is 9.99. The zero-order chi connectivity index (χ0) is 20.9. The normalized spacial score (nSPS) is 18.9. The van der Waals surface area contributed by atoms with E-state index in [-0.39, 0.29) is 29.6 Å². The predicted octanol–water partition coefficient (Wildman–Crippen LogP) is 1.00. The van der Waals surface area contributed by atoms with Crippen LogP contribution in [0.25, 0.3) is 0 Å². The van der Waals surface area contributed by atoms with Crippen molar-refractivity contribution in [3.63, 3.8) is 0 Å². The summed E-state index contributed by atoms with van der Waals surface area (Å²) >= 11 is 0. The zero-order valence-electron chi connectivity index (χ0n) is 16.6. The third-order valence-electron chi connectivity index (χ3n) is 4.79. The van der Waals surface area contributed by atoms with E-state index in [4.69, 9.17) is 0 Å². The second-order valence-corrected chi connectivity index (χ2v) is 11.3. The SMILES string of the molecule is CCCS(=O)(=O)N1CCCC(C(=O)NCc2ccccc2S(=O)(=O)N(C)C)C1. The third-order valence-corrected chi connectivity index (χ3v) is 8.75. The monoisotopic (exact) mass is 431 g/mol. The number of nitrogens with zero attached hydrogens (tertiary/aromatic N) is 2. The summed E-state index contributed by atoms with van der Waals surface area (Å²) in [5.74, 6) is -0.608. The van der Waals surface area contributed by atoms with Crippen molar-refractivity contribution < 1.29 is 21.6 Å². The summed E-state index contributed by atoms with van der Waals surface area (Å²) in [7, 11) is -4.04. The highest BCUT2D eigenvalue weighted by atomic mass is 32.2. The van der Waals surface area contributed by atoms with Gasteiger partial charge in [-0.3, -0.25) is 4.79 Å². The van der Waals surface area contributed by atoms with E-state index in [0.717, 1.165) is 4.31 Å². The van der Waals surface area contributed by atoms with Crippen molar-refractivity contribution in [1.82, 2.24) is 13.9 Å². The average molecular weight is 432 g/mol. The first-order chi connectivity index (χ1) is 13.1. The summed E-state index contributed by atoms with van der Waals surface area (Å²) in [5.41, 5.74) is 0.496. The van der Waals surface area contributed by atoms with E-state index < -0.39 is 26.0 Å². The molecule has 1 unspecified atom stereocenters. The molecule has 1 N–H and O–H groups in total. The summed E-state index contributed by atoms with van der Waals surface area (Å²) in [5, 5.41) is 2.78. The van der Waals surface area contributed by atoms with Crippen molar-refractivity contribution in [1.29, 1.82) is 0 Å². The van der Waals surface area contributed by atoms with Gasteiger partial charge in [0.1, 0.15) is 0 Å². The molecule has 0 saturated carbocycles. The Morgan fingerprint density at radius 1 is 1.21 bits per heavy atom. The Labute approximate surface area is 168 Å². The second kappa shape index (κ2) is 9.34. The Hall–Kier alpha value is -1.49. The Kier molecular flexibility index (Phi) is 7.60. The van der Waals surface area contributed by atoms with Gasteiger partial charge in [0.15, 0.2) is 0 Å². The minimum Gasteiger partial charge on any atom is -0.352 e. The molecule has 158 valence electrons. The molecule has 1 amide bonds. The first-order valence-electron chi connectivity index (χ1n) is 9.35. The lowest BCUT2D eigenvalue weighted by Crippen LogP contribution is -2.46. The summed E-state index contributed by atoms with van der Waals surface area (Å²) in [6.07, 6.45) is 1.78. The molecule has 1 saturated heterocycles. The van der Waals surface area contributed by atoms with Crippen LogP contribution in [0.5, 0.6) is 0 Å². The number of carbonyl (C=O) groups is 1. The molecule has 10 heteroatoms. The fraction of sp³-hybridized carbons (Fsp3) is 0.611. The van der Waals surface area contributed by atoms with Gasteiger partial charge in [0.2, 0.25) is 26.0 Å².